The van der Waals surface area contributed by atoms with Crippen LogP contribution in [0.2, 0.25) is 5.02 Å². The summed E-state index contributed by atoms with van der Waals surface area (Å²) in [7, 11) is 0. The van der Waals surface area contributed by atoms with Gasteiger partial charge < -0.3 is 10.3 Å². The normalized spacial score (nSPS) is 12.3. The Kier molecular flexibility index (Phi) is 3.45. The topological polar surface area (TPSA) is 77.8 Å². The molecule has 0 spiro atoms. The van der Waals surface area contributed by atoms with E-state index in [1.165, 1.54) is 0 Å². The molecule has 1 atom stereocenters. The molecule has 2 aromatic heterocycles. The van der Waals surface area contributed by atoms with E-state index in [0.29, 0.717) is 22.4 Å². The van der Waals surface area contributed by atoms with Gasteiger partial charge >= 0.3 is 0 Å². The second-order valence-corrected chi connectivity index (χ2v) is 4.59. The maximum atomic E-state index is 6.10. The molecule has 2 heterocycles. The number of nitrogens with two attached hydrogens (primary N) is 1. The lowest BCUT2D eigenvalue weighted by Gasteiger charge is -2.05. The third-order valence-corrected chi connectivity index (χ3v) is 3.14. The van der Waals surface area contributed by atoms with E-state index in [4.69, 9.17) is 21.9 Å². The lowest BCUT2D eigenvalue weighted by molar-refractivity contribution is 0.367. The highest BCUT2D eigenvalue weighted by atomic mass is 35.5. The van der Waals surface area contributed by atoms with Crippen LogP contribution in [-0.2, 0) is 0 Å². The van der Waals surface area contributed by atoms with Gasteiger partial charge in [0, 0.05) is 6.20 Å². The molecule has 0 saturated heterocycles. The van der Waals surface area contributed by atoms with Crippen LogP contribution in [0.4, 0.5) is 0 Å². The summed E-state index contributed by atoms with van der Waals surface area (Å²) in [6.45, 7) is 0. The molecular formula is C14H11ClN4O. The van der Waals surface area contributed by atoms with Gasteiger partial charge in [0.1, 0.15) is 11.7 Å². The minimum Gasteiger partial charge on any atom is -0.337 e. The second-order valence-electron chi connectivity index (χ2n) is 4.18. The lowest BCUT2D eigenvalue weighted by Crippen LogP contribution is -2.12. The average Bonchev–Trinajstić information content (AvgIpc) is 2.97. The molecule has 6 heteroatoms. The first-order valence-electron chi connectivity index (χ1n) is 6.01. The van der Waals surface area contributed by atoms with E-state index in [1.54, 1.807) is 18.3 Å². The Bertz CT molecular complexity index is 714. The van der Waals surface area contributed by atoms with E-state index in [-0.39, 0.29) is 0 Å². The first-order valence-corrected chi connectivity index (χ1v) is 6.38. The Hall–Kier alpha value is -2.24. The SMILES string of the molecule is NC(c1ccccc1)c1nc(-c2ncccc2Cl)no1. The minimum atomic E-state index is -0.472. The zero-order valence-electron chi connectivity index (χ0n) is 10.4. The summed E-state index contributed by atoms with van der Waals surface area (Å²) < 4.78 is 5.21. The van der Waals surface area contributed by atoms with Gasteiger partial charge in [0.05, 0.1) is 5.02 Å². The summed E-state index contributed by atoms with van der Waals surface area (Å²) in [6.07, 6.45) is 1.62. The fraction of sp³-hybridized carbons (Fsp3) is 0.0714. The van der Waals surface area contributed by atoms with Crippen LogP contribution in [0.1, 0.15) is 17.5 Å². The highest BCUT2D eigenvalue weighted by molar-refractivity contribution is 6.32. The van der Waals surface area contributed by atoms with Crippen LogP contribution < -0.4 is 5.73 Å². The van der Waals surface area contributed by atoms with Gasteiger partial charge in [0.2, 0.25) is 11.7 Å². The average molecular weight is 287 g/mol. The zero-order valence-corrected chi connectivity index (χ0v) is 11.2. The molecule has 0 aliphatic carbocycles. The molecule has 0 saturated carbocycles. The Morgan fingerprint density at radius 2 is 1.90 bits per heavy atom. The number of halogens is 1. The van der Waals surface area contributed by atoms with Crippen molar-refractivity contribution in [3.8, 4) is 11.5 Å². The number of hydrogen-bond donors (Lipinski definition) is 1. The molecule has 5 nitrogen and oxygen atoms in total. The van der Waals surface area contributed by atoms with Gasteiger partial charge in [-0.25, -0.2) is 0 Å². The van der Waals surface area contributed by atoms with Crippen LogP contribution >= 0.6 is 11.6 Å². The molecule has 3 rings (SSSR count). The highest BCUT2D eigenvalue weighted by Crippen LogP contribution is 2.25. The van der Waals surface area contributed by atoms with Gasteiger partial charge in [-0.1, -0.05) is 47.1 Å². The molecule has 100 valence electrons. The molecule has 20 heavy (non-hydrogen) atoms. The smallest absolute Gasteiger partial charge is 0.248 e. The number of pyridine rings is 1. The van der Waals surface area contributed by atoms with E-state index in [1.807, 2.05) is 30.3 Å². The van der Waals surface area contributed by atoms with E-state index in [0.717, 1.165) is 5.56 Å². The Morgan fingerprint density at radius 3 is 2.65 bits per heavy atom. The van der Waals surface area contributed by atoms with Crippen molar-refractivity contribution in [3.05, 3.63) is 65.1 Å². The van der Waals surface area contributed by atoms with Crippen molar-refractivity contribution in [1.29, 1.82) is 0 Å². The summed E-state index contributed by atoms with van der Waals surface area (Å²) >= 11 is 6.05. The summed E-state index contributed by atoms with van der Waals surface area (Å²) in [6, 6.07) is 12.5. The molecule has 0 aliphatic rings. The van der Waals surface area contributed by atoms with Crippen LogP contribution in [0, 0.1) is 0 Å². The number of aromatic nitrogens is 3. The molecule has 0 aliphatic heterocycles. The lowest BCUT2D eigenvalue weighted by atomic mass is 10.1. The zero-order chi connectivity index (χ0) is 13.9. The monoisotopic (exact) mass is 286 g/mol. The van der Waals surface area contributed by atoms with Crippen molar-refractivity contribution in [2.45, 2.75) is 6.04 Å². The quantitative estimate of drug-likeness (QED) is 0.801. The van der Waals surface area contributed by atoms with Gasteiger partial charge in [-0.05, 0) is 17.7 Å². The first kappa shape index (κ1) is 12.8. The fourth-order valence-electron chi connectivity index (χ4n) is 1.81. The summed E-state index contributed by atoms with van der Waals surface area (Å²) in [4.78, 5) is 8.40. The van der Waals surface area contributed by atoms with Gasteiger partial charge in [0.15, 0.2) is 0 Å². The summed E-state index contributed by atoms with van der Waals surface area (Å²) in [5.74, 6) is 0.657. The molecule has 0 radical (unpaired) electrons. The van der Waals surface area contributed by atoms with Crippen molar-refractivity contribution in [2.24, 2.45) is 5.73 Å². The first-order chi connectivity index (χ1) is 9.75. The Balaban J connectivity index is 1.93. The third kappa shape index (κ3) is 2.41. The number of rotatable bonds is 3. The van der Waals surface area contributed by atoms with Crippen LogP contribution in [0.3, 0.4) is 0 Å². The van der Waals surface area contributed by atoms with Crippen molar-refractivity contribution in [2.75, 3.05) is 0 Å². The Labute approximate surface area is 120 Å². The molecular weight excluding hydrogens is 276 g/mol. The second kappa shape index (κ2) is 5.40. The molecule has 2 N–H and O–H groups in total. The fourth-order valence-corrected chi connectivity index (χ4v) is 2.02. The van der Waals surface area contributed by atoms with Gasteiger partial charge in [-0.15, -0.1) is 0 Å². The predicted octanol–water partition coefficient (Wildman–Crippen LogP) is 2.83. The molecule has 0 bridgehead atoms. The molecule has 0 amide bonds. The maximum absolute atomic E-state index is 6.10. The van der Waals surface area contributed by atoms with E-state index in [9.17, 15) is 0 Å². The van der Waals surface area contributed by atoms with Gasteiger partial charge in [-0.3, -0.25) is 4.98 Å². The van der Waals surface area contributed by atoms with E-state index >= 15 is 0 Å². The molecule has 1 aromatic carbocycles. The standard InChI is InChI=1S/C14H11ClN4O/c15-10-7-4-8-17-12(10)13-18-14(20-19-13)11(16)9-5-2-1-3-6-9/h1-8,11H,16H2. The van der Waals surface area contributed by atoms with Crippen LogP contribution in [0.25, 0.3) is 11.5 Å². The molecule has 3 aromatic rings. The number of hydrogen-bond acceptors (Lipinski definition) is 5. The van der Waals surface area contributed by atoms with Crippen LogP contribution in [0.15, 0.2) is 53.2 Å². The maximum Gasteiger partial charge on any atom is 0.248 e. The molecule has 0 fully saturated rings. The number of nitrogens with zero attached hydrogens (tertiary/aromatic N) is 3. The van der Waals surface area contributed by atoms with Crippen molar-refractivity contribution < 1.29 is 4.52 Å². The highest BCUT2D eigenvalue weighted by Gasteiger charge is 2.18. The summed E-state index contributed by atoms with van der Waals surface area (Å²) in [5, 5.41) is 4.35. The van der Waals surface area contributed by atoms with Crippen molar-refractivity contribution >= 4 is 11.6 Å². The van der Waals surface area contributed by atoms with Gasteiger partial charge in [0.25, 0.3) is 0 Å². The van der Waals surface area contributed by atoms with Crippen molar-refractivity contribution in [3.63, 3.8) is 0 Å². The Morgan fingerprint density at radius 1 is 1.10 bits per heavy atom. The van der Waals surface area contributed by atoms with Crippen LogP contribution in [0.5, 0.6) is 0 Å². The number of benzene rings is 1. The van der Waals surface area contributed by atoms with Crippen LogP contribution in [-0.4, -0.2) is 15.1 Å². The minimum absolute atomic E-state index is 0.327. The van der Waals surface area contributed by atoms with E-state index in [2.05, 4.69) is 15.1 Å². The third-order valence-electron chi connectivity index (χ3n) is 2.84. The molecule has 1 unspecified atom stereocenters. The summed E-state index contributed by atoms with van der Waals surface area (Å²) in [5.41, 5.74) is 7.47. The van der Waals surface area contributed by atoms with Crippen molar-refractivity contribution in [1.82, 2.24) is 15.1 Å². The van der Waals surface area contributed by atoms with Gasteiger partial charge in [-0.2, -0.15) is 4.98 Å². The largest absolute Gasteiger partial charge is 0.337 e. The van der Waals surface area contributed by atoms with E-state index < -0.39 is 6.04 Å². The predicted molar refractivity (Wildman–Crippen MR) is 75.0 cm³/mol.